The summed E-state index contributed by atoms with van der Waals surface area (Å²) in [6.45, 7) is 2.51. The van der Waals surface area contributed by atoms with Crippen LogP contribution in [0.5, 0.6) is 5.75 Å². The van der Waals surface area contributed by atoms with E-state index >= 15 is 0 Å². The Balaban J connectivity index is 1.58. The second-order valence-electron chi connectivity index (χ2n) is 7.74. The normalized spacial score (nSPS) is 14.3. The van der Waals surface area contributed by atoms with Crippen LogP contribution in [0.1, 0.15) is 39.0 Å². The first-order valence-electron chi connectivity index (χ1n) is 11.0. The van der Waals surface area contributed by atoms with Gasteiger partial charge in [0.1, 0.15) is 11.6 Å². The summed E-state index contributed by atoms with van der Waals surface area (Å²) in [7, 11) is 0. The van der Waals surface area contributed by atoms with Crippen molar-refractivity contribution in [1.82, 2.24) is 20.1 Å². The highest BCUT2D eigenvalue weighted by atomic mass is 32.2. The Kier molecular flexibility index (Phi) is 7.42. The summed E-state index contributed by atoms with van der Waals surface area (Å²) in [5, 5.41) is 12.2. The number of nitrogens with zero attached hydrogens (tertiary/aromatic N) is 3. The van der Waals surface area contributed by atoms with Gasteiger partial charge in [-0.25, -0.2) is 4.39 Å². The number of ether oxygens (including phenoxy) is 1. The lowest BCUT2D eigenvalue weighted by Gasteiger charge is -2.22. The smallest absolute Gasteiger partial charge is 0.230 e. The second-order valence-corrected chi connectivity index (χ2v) is 8.68. The van der Waals surface area contributed by atoms with Crippen LogP contribution < -0.4 is 10.1 Å². The van der Waals surface area contributed by atoms with Gasteiger partial charge in [0, 0.05) is 11.6 Å². The highest BCUT2D eigenvalue weighted by Crippen LogP contribution is 2.30. The van der Waals surface area contributed by atoms with Crippen LogP contribution in [0, 0.1) is 5.82 Å². The first-order valence-corrected chi connectivity index (χ1v) is 12.0. The molecule has 0 saturated heterocycles. The van der Waals surface area contributed by atoms with Gasteiger partial charge < -0.3 is 10.1 Å². The quantitative estimate of drug-likeness (QED) is 0.485. The van der Waals surface area contributed by atoms with Crippen molar-refractivity contribution in [1.29, 1.82) is 0 Å². The number of carbonyl (C=O) groups is 1. The molecule has 1 aromatic heterocycles. The first-order chi connectivity index (χ1) is 15.7. The predicted octanol–water partition coefficient (Wildman–Crippen LogP) is 5.01. The van der Waals surface area contributed by atoms with Crippen molar-refractivity contribution in [3.8, 4) is 22.8 Å². The maximum atomic E-state index is 14.7. The van der Waals surface area contributed by atoms with Crippen LogP contribution in [0.15, 0.2) is 53.7 Å². The van der Waals surface area contributed by atoms with Gasteiger partial charge in [-0.3, -0.25) is 9.36 Å². The number of rotatable bonds is 8. The Morgan fingerprint density at radius 2 is 1.88 bits per heavy atom. The van der Waals surface area contributed by atoms with Gasteiger partial charge in [-0.15, -0.1) is 10.2 Å². The summed E-state index contributed by atoms with van der Waals surface area (Å²) in [6, 6.07) is 14.2. The minimum Gasteiger partial charge on any atom is -0.494 e. The molecule has 168 valence electrons. The van der Waals surface area contributed by atoms with Crippen LogP contribution in [-0.4, -0.2) is 39.1 Å². The second kappa shape index (κ2) is 10.6. The van der Waals surface area contributed by atoms with Gasteiger partial charge >= 0.3 is 0 Å². The van der Waals surface area contributed by atoms with Gasteiger partial charge in [-0.2, -0.15) is 0 Å². The molecule has 0 aliphatic heterocycles. The molecular weight excluding hydrogens is 427 g/mol. The third-order valence-corrected chi connectivity index (χ3v) is 6.38. The summed E-state index contributed by atoms with van der Waals surface area (Å²) in [6.07, 6.45) is 5.62. The van der Waals surface area contributed by atoms with Crippen molar-refractivity contribution < 1.29 is 13.9 Å². The van der Waals surface area contributed by atoms with Gasteiger partial charge in [0.05, 0.1) is 18.0 Å². The van der Waals surface area contributed by atoms with Crippen molar-refractivity contribution in [2.24, 2.45) is 0 Å². The Morgan fingerprint density at radius 3 is 2.59 bits per heavy atom. The van der Waals surface area contributed by atoms with Crippen LogP contribution in [-0.2, 0) is 4.79 Å². The van der Waals surface area contributed by atoms with E-state index in [1.54, 1.807) is 22.8 Å². The number of para-hydroxylation sites is 1. The molecule has 32 heavy (non-hydrogen) atoms. The molecule has 1 N–H and O–H groups in total. The molecule has 0 unspecified atom stereocenters. The van der Waals surface area contributed by atoms with Gasteiger partial charge in [0.25, 0.3) is 0 Å². The topological polar surface area (TPSA) is 69.0 Å². The number of amides is 1. The molecular formula is C24H27FN4O2S. The molecule has 1 heterocycles. The highest BCUT2D eigenvalue weighted by Gasteiger charge is 2.21. The zero-order valence-corrected chi connectivity index (χ0v) is 18.9. The SMILES string of the molecule is CCOc1ccc(-c2nnc(SCC(=O)NC3CCCCC3)n2-c2ccccc2F)cc1. The molecule has 0 spiro atoms. The van der Waals surface area contributed by atoms with E-state index in [2.05, 4.69) is 15.5 Å². The van der Waals surface area contributed by atoms with Gasteiger partial charge in [0.15, 0.2) is 11.0 Å². The van der Waals surface area contributed by atoms with E-state index in [0.717, 1.165) is 37.0 Å². The van der Waals surface area contributed by atoms with Crippen molar-refractivity contribution in [2.45, 2.75) is 50.2 Å². The Labute approximate surface area is 191 Å². The number of nitrogens with one attached hydrogen (secondary N) is 1. The average molecular weight is 455 g/mol. The van der Waals surface area contributed by atoms with Crippen molar-refractivity contribution in [2.75, 3.05) is 12.4 Å². The van der Waals surface area contributed by atoms with E-state index in [4.69, 9.17) is 4.74 Å². The van der Waals surface area contributed by atoms with Crippen molar-refractivity contribution in [3.05, 3.63) is 54.3 Å². The summed E-state index contributed by atoms with van der Waals surface area (Å²) < 4.78 is 21.9. The average Bonchev–Trinajstić information content (AvgIpc) is 3.23. The summed E-state index contributed by atoms with van der Waals surface area (Å²) in [5.41, 5.74) is 1.12. The highest BCUT2D eigenvalue weighted by molar-refractivity contribution is 7.99. The van der Waals surface area contributed by atoms with Crippen molar-refractivity contribution in [3.63, 3.8) is 0 Å². The molecule has 0 radical (unpaired) electrons. The third kappa shape index (κ3) is 5.30. The largest absolute Gasteiger partial charge is 0.494 e. The molecule has 8 heteroatoms. The lowest BCUT2D eigenvalue weighted by molar-refractivity contribution is -0.119. The maximum absolute atomic E-state index is 14.7. The van der Waals surface area contributed by atoms with Crippen LogP contribution in [0.25, 0.3) is 17.1 Å². The first kappa shape index (κ1) is 22.3. The van der Waals surface area contributed by atoms with Crippen LogP contribution in [0.2, 0.25) is 0 Å². The van der Waals surface area contributed by atoms with Gasteiger partial charge in [-0.1, -0.05) is 43.2 Å². The van der Waals surface area contributed by atoms with E-state index in [1.807, 2.05) is 31.2 Å². The molecule has 1 aliphatic rings. The zero-order chi connectivity index (χ0) is 22.3. The molecule has 2 aromatic carbocycles. The van der Waals surface area contributed by atoms with E-state index in [1.165, 1.54) is 24.2 Å². The van der Waals surface area contributed by atoms with E-state index in [0.29, 0.717) is 23.3 Å². The molecule has 6 nitrogen and oxygen atoms in total. The Hall–Kier alpha value is -2.87. The number of carbonyl (C=O) groups excluding carboxylic acids is 1. The minimum atomic E-state index is -0.381. The molecule has 1 amide bonds. The summed E-state index contributed by atoms with van der Waals surface area (Å²) in [4.78, 5) is 12.5. The van der Waals surface area contributed by atoms with Crippen molar-refractivity contribution >= 4 is 17.7 Å². The minimum absolute atomic E-state index is 0.0346. The molecule has 0 bridgehead atoms. The molecule has 1 saturated carbocycles. The zero-order valence-electron chi connectivity index (χ0n) is 18.1. The Bertz CT molecular complexity index is 1050. The molecule has 4 rings (SSSR count). The van der Waals surface area contributed by atoms with Gasteiger partial charge in [0.2, 0.25) is 5.91 Å². The fourth-order valence-electron chi connectivity index (χ4n) is 3.91. The van der Waals surface area contributed by atoms with Crippen LogP contribution in [0.4, 0.5) is 4.39 Å². The predicted molar refractivity (Wildman–Crippen MR) is 124 cm³/mol. The number of halogens is 1. The summed E-state index contributed by atoms with van der Waals surface area (Å²) >= 11 is 1.26. The number of aromatic nitrogens is 3. The molecule has 3 aromatic rings. The van der Waals surface area contributed by atoms with Crippen LogP contribution >= 0.6 is 11.8 Å². The molecule has 0 atom stereocenters. The van der Waals surface area contributed by atoms with E-state index in [9.17, 15) is 9.18 Å². The fourth-order valence-corrected chi connectivity index (χ4v) is 4.67. The lowest BCUT2D eigenvalue weighted by Crippen LogP contribution is -2.37. The van der Waals surface area contributed by atoms with Gasteiger partial charge in [-0.05, 0) is 56.2 Å². The van der Waals surface area contributed by atoms with E-state index < -0.39 is 0 Å². The molecule has 1 fully saturated rings. The lowest BCUT2D eigenvalue weighted by atomic mass is 9.95. The number of benzene rings is 2. The standard InChI is InChI=1S/C24H27FN4O2S/c1-2-31-19-14-12-17(13-15-19)23-27-28-24(29(23)21-11-7-6-10-20(21)25)32-16-22(30)26-18-8-4-3-5-9-18/h6-7,10-15,18H,2-5,8-9,16H2,1H3,(H,26,30). The van der Waals surface area contributed by atoms with E-state index in [-0.39, 0.29) is 23.5 Å². The Morgan fingerprint density at radius 1 is 1.12 bits per heavy atom. The fraction of sp³-hybridized carbons (Fsp3) is 0.375. The summed E-state index contributed by atoms with van der Waals surface area (Å²) in [5.74, 6) is 1.04. The monoisotopic (exact) mass is 454 g/mol. The molecule has 1 aliphatic carbocycles. The third-order valence-electron chi connectivity index (χ3n) is 5.45. The number of hydrogen-bond acceptors (Lipinski definition) is 5. The number of thioether (sulfide) groups is 1. The van der Waals surface area contributed by atoms with Crippen LogP contribution in [0.3, 0.4) is 0 Å². The number of hydrogen-bond donors (Lipinski definition) is 1. The maximum Gasteiger partial charge on any atom is 0.230 e.